The Morgan fingerprint density at radius 2 is 1.86 bits per heavy atom. The summed E-state index contributed by atoms with van der Waals surface area (Å²) < 4.78 is 23.4. The van der Waals surface area contributed by atoms with Crippen molar-refractivity contribution in [3.8, 4) is 11.9 Å². The maximum atomic E-state index is 10.1. The normalized spacial score (nSPS) is 12.6. The highest BCUT2D eigenvalue weighted by Gasteiger charge is 2.31. The van der Waals surface area contributed by atoms with Gasteiger partial charge in [0.15, 0.2) is 0 Å². The van der Waals surface area contributed by atoms with E-state index in [9.17, 15) is 4.46 Å². The molecule has 0 N–H and O–H groups in total. The van der Waals surface area contributed by atoms with Gasteiger partial charge in [-0.05, 0) is 0 Å². The standard InChI is InChI=1S/C2O4Si/c3-7-5-1-2(4-1)6-7. The molecule has 1 aromatic heterocycles. The lowest BCUT2D eigenvalue weighted by Gasteiger charge is -1.63. The quantitative estimate of drug-likeness (QED) is 0.371. The molecule has 0 saturated carbocycles. The minimum Gasteiger partial charge on any atom is -0.424 e. The van der Waals surface area contributed by atoms with Crippen molar-refractivity contribution in [2.75, 3.05) is 0 Å². The van der Waals surface area contributed by atoms with Crippen molar-refractivity contribution >= 4 is 8.80 Å². The summed E-state index contributed by atoms with van der Waals surface area (Å²) in [5.74, 6) is 0.591. The molecule has 0 fully saturated rings. The highest BCUT2D eigenvalue weighted by molar-refractivity contribution is 6.15. The van der Waals surface area contributed by atoms with Crippen LogP contribution in [0.3, 0.4) is 0 Å². The first-order valence-corrected chi connectivity index (χ1v) is 2.90. The van der Waals surface area contributed by atoms with Gasteiger partial charge in [-0.2, -0.15) is 0 Å². The first-order chi connectivity index (χ1) is 3.36. The fourth-order valence-corrected chi connectivity index (χ4v) is 0.950. The molecular weight excluding hydrogens is 116 g/mol. The third-order valence-corrected chi connectivity index (χ3v) is 1.37. The highest BCUT2D eigenvalue weighted by Crippen LogP contribution is 2.44. The highest BCUT2D eigenvalue weighted by atomic mass is 28.2. The van der Waals surface area contributed by atoms with Crippen molar-refractivity contribution in [2.24, 2.45) is 0 Å². The van der Waals surface area contributed by atoms with Gasteiger partial charge in [0.05, 0.1) is 0 Å². The monoisotopic (exact) mass is 116 g/mol. The van der Waals surface area contributed by atoms with Crippen molar-refractivity contribution in [3.05, 3.63) is 0 Å². The van der Waals surface area contributed by atoms with E-state index in [1.807, 2.05) is 0 Å². The number of rotatable bonds is 0. The Morgan fingerprint density at radius 1 is 1.29 bits per heavy atom. The molecule has 1 aliphatic rings. The van der Waals surface area contributed by atoms with E-state index < -0.39 is 8.80 Å². The summed E-state index contributed by atoms with van der Waals surface area (Å²) in [6.45, 7) is 0. The van der Waals surface area contributed by atoms with Crippen LogP contribution in [0.15, 0.2) is 8.19 Å². The van der Waals surface area contributed by atoms with Crippen molar-refractivity contribution in [3.63, 3.8) is 0 Å². The van der Waals surface area contributed by atoms with Gasteiger partial charge in [0.2, 0.25) is 0 Å². The first-order valence-electron chi connectivity index (χ1n) is 1.68. The molecule has 0 aromatic carbocycles. The molecule has 2 heterocycles. The average molecular weight is 116 g/mol. The number of hydrogen-bond acceptors (Lipinski definition) is 4. The van der Waals surface area contributed by atoms with Crippen molar-refractivity contribution in [1.29, 1.82) is 0 Å². The number of ether oxygens (including phenoxy) is 1. The molecule has 1 aromatic rings. The molecular formula is C2O4Si. The lowest BCUT2D eigenvalue weighted by Crippen LogP contribution is -1.67. The van der Waals surface area contributed by atoms with Gasteiger partial charge in [0.25, 0.3) is 0 Å². The van der Waals surface area contributed by atoms with E-state index in [-0.39, 0.29) is 0 Å². The Morgan fingerprint density at radius 3 is 2.14 bits per heavy atom. The SMILES string of the molecule is O=[si]1oc2c(o1)O2. The maximum Gasteiger partial charge on any atom is 0.783 e. The molecule has 0 spiro atoms. The van der Waals surface area contributed by atoms with E-state index in [1.54, 1.807) is 0 Å². The van der Waals surface area contributed by atoms with Crippen LogP contribution in [-0.2, 0) is 4.46 Å². The van der Waals surface area contributed by atoms with E-state index in [1.165, 1.54) is 0 Å². The van der Waals surface area contributed by atoms with Crippen molar-refractivity contribution < 1.29 is 17.4 Å². The zero-order valence-corrected chi connectivity index (χ0v) is 4.13. The van der Waals surface area contributed by atoms with Crippen LogP contribution in [0.1, 0.15) is 0 Å². The molecule has 0 unspecified atom stereocenters. The zero-order valence-electron chi connectivity index (χ0n) is 3.13. The van der Waals surface area contributed by atoms with E-state index >= 15 is 0 Å². The summed E-state index contributed by atoms with van der Waals surface area (Å²) in [6.07, 6.45) is 0. The summed E-state index contributed by atoms with van der Waals surface area (Å²) in [5.41, 5.74) is 0. The van der Waals surface area contributed by atoms with E-state index in [4.69, 9.17) is 0 Å². The first kappa shape index (κ1) is 3.20. The maximum absolute atomic E-state index is 10.1. The van der Waals surface area contributed by atoms with Crippen LogP contribution < -0.4 is 4.74 Å². The Hall–Kier alpha value is -0.843. The van der Waals surface area contributed by atoms with Crippen LogP contribution in [0.4, 0.5) is 0 Å². The minimum absolute atomic E-state index is 0.295. The van der Waals surface area contributed by atoms with Crippen molar-refractivity contribution in [2.45, 2.75) is 0 Å². The molecule has 5 heteroatoms. The molecule has 36 valence electrons. The third kappa shape index (κ3) is 0.297. The van der Waals surface area contributed by atoms with Crippen LogP contribution in [0.25, 0.3) is 0 Å². The Labute approximate surface area is 39.2 Å². The minimum atomic E-state index is -2.21. The van der Waals surface area contributed by atoms with Crippen molar-refractivity contribution in [1.82, 2.24) is 0 Å². The largest absolute Gasteiger partial charge is 0.783 e. The lowest BCUT2D eigenvalue weighted by atomic mass is 11.1. The molecule has 0 bridgehead atoms. The summed E-state index contributed by atoms with van der Waals surface area (Å²) in [6, 6.07) is 0. The second kappa shape index (κ2) is 0.716. The number of fused-ring (bicyclic) bond motifs is 1. The molecule has 4 nitrogen and oxygen atoms in total. The summed E-state index contributed by atoms with van der Waals surface area (Å²) in [7, 11) is -2.21. The molecule has 0 saturated heterocycles. The third-order valence-electron chi connectivity index (χ3n) is 0.662. The van der Waals surface area contributed by atoms with Gasteiger partial charge in [-0.1, -0.05) is 0 Å². The Bertz CT molecular complexity index is 222. The van der Waals surface area contributed by atoms with Gasteiger partial charge in [0.1, 0.15) is 0 Å². The summed E-state index contributed by atoms with van der Waals surface area (Å²) >= 11 is 0. The van der Waals surface area contributed by atoms with Crippen LogP contribution in [0.2, 0.25) is 0 Å². The summed E-state index contributed by atoms with van der Waals surface area (Å²) in [5, 5.41) is 0. The fourth-order valence-electron chi connectivity index (χ4n) is 0.356. The second-order valence-corrected chi connectivity index (χ2v) is 2.04. The number of hydrogen-bond donors (Lipinski definition) is 0. The Kier molecular flexibility index (Phi) is 0.327. The topological polar surface area (TPSA) is 55.9 Å². The zero-order chi connectivity index (χ0) is 4.85. The van der Waals surface area contributed by atoms with Crippen LogP contribution >= 0.6 is 0 Å². The van der Waals surface area contributed by atoms with Gasteiger partial charge >= 0.3 is 20.7 Å². The van der Waals surface area contributed by atoms with E-state index in [0.717, 1.165) is 0 Å². The molecule has 0 aliphatic carbocycles. The molecule has 0 amide bonds. The Balaban J connectivity index is 2.91. The van der Waals surface area contributed by atoms with Gasteiger partial charge in [-0.15, -0.1) is 0 Å². The molecule has 1 aliphatic heterocycles. The predicted octanol–water partition coefficient (Wildman–Crippen LogP) is 0.479. The van der Waals surface area contributed by atoms with Gasteiger partial charge in [-0.25, -0.2) is 0 Å². The fraction of sp³-hybridized carbons (Fsp3) is 0. The van der Waals surface area contributed by atoms with Gasteiger partial charge in [-0.3, -0.25) is 4.46 Å². The van der Waals surface area contributed by atoms with Gasteiger partial charge in [0, 0.05) is 0 Å². The molecule has 7 heavy (non-hydrogen) atoms. The second-order valence-electron chi connectivity index (χ2n) is 1.13. The van der Waals surface area contributed by atoms with Gasteiger partial charge < -0.3 is 12.9 Å². The lowest BCUT2D eigenvalue weighted by molar-refractivity contribution is 0.370. The van der Waals surface area contributed by atoms with E-state index in [2.05, 4.69) is 12.9 Å². The average Bonchev–Trinajstić information content (AvgIpc) is 2.15. The molecule has 0 radical (unpaired) electrons. The predicted molar refractivity (Wildman–Crippen MR) is 17.5 cm³/mol. The van der Waals surface area contributed by atoms with E-state index in [0.29, 0.717) is 11.9 Å². The van der Waals surface area contributed by atoms with Crippen LogP contribution in [0.5, 0.6) is 11.9 Å². The molecule has 2 rings (SSSR count). The van der Waals surface area contributed by atoms with Crippen LogP contribution in [-0.4, -0.2) is 8.80 Å². The molecule has 0 atom stereocenters. The smallest absolute Gasteiger partial charge is 0.424 e. The summed E-state index contributed by atoms with van der Waals surface area (Å²) in [4.78, 5) is 0. The van der Waals surface area contributed by atoms with Crippen LogP contribution in [0, 0.1) is 0 Å².